The van der Waals surface area contributed by atoms with E-state index in [4.69, 9.17) is 0 Å². The molecule has 1 saturated carbocycles. The Morgan fingerprint density at radius 3 is 2.54 bits per heavy atom. The minimum atomic E-state index is 0.331. The van der Waals surface area contributed by atoms with Crippen LogP contribution in [0.5, 0.6) is 0 Å². The average molecular weight is 399 g/mol. The molecular weight excluding hydrogens is 368 g/mol. The van der Waals surface area contributed by atoms with Crippen molar-refractivity contribution in [2.45, 2.75) is 37.5 Å². The number of piperazine rings is 1. The fourth-order valence-corrected chi connectivity index (χ4v) is 5.37. The number of thioether (sulfide) groups is 1. The van der Waals surface area contributed by atoms with E-state index in [1.807, 2.05) is 24.0 Å². The lowest BCUT2D eigenvalue weighted by atomic mass is 10.2. The van der Waals surface area contributed by atoms with Crippen LogP contribution < -0.4 is 0 Å². The zero-order valence-electron chi connectivity index (χ0n) is 16.5. The molecule has 1 aromatic carbocycles. The SMILES string of the molecule is O=C(CSC1CCCC1)N1CCN(CCn2ccnc2-c2ccccc2)CC1. The monoisotopic (exact) mass is 398 g/mol. The Morgan fingerprint density at radius 1 is 1.04 bits per heavy atom. The van der Waals surface area contributed by atoms with Gasteiger partial charge >= 0.3 is 0 Å². The number of rotatable bonds is 7. The molecule has 4 rings (SSSR count). The number of nitrogens with zero attached hydrogens (tertiary/aromatic N) is 4. The van der Waals surface area contributed by atoms with Crippen molar-refractivity contribution in [2.75, 3.05) is 38.5 Å². The second-order valence-corrected chi connectivity index (χ2v) is 9.04. The first kappa shape index (κ1) is 19.5. The van der Waals surface area contributed by atoms with Gasteiger partial charge in [0.05, 0.1) is 5.75 Å². The summed E-state index contributed by atoms with van der Waals surface area (Å²) in [7, 11) is 0. The zero-order valence-corrected chi connectivity index (χ0v) is 17.3. The molecule has 0 N–H and O–H groups in total. The van der Waals surface area contributed by atoms with Gasteiger partial charge in [-0.2, -0.15) is 0 Å². The van der Waals surface area contributed by atoms with Crippen LogP contribution in [0.25, 0.3) is 11.4 Å². The van der Waals surface area contributed by atoms with Crippen molar-refractivity contribution in [1.82, 2.24) is 19.4 Å². The van der Waals surface area contributed by atoms with E-state index in [0.29, 0.717) is 11.7 Å². The number of hydrogen-bond donors (Lipinski definition) is 0. The molecule has 0 bridgehead atoms. The Morgan fingerprint density at radius 2 is 1.79 bits per heavy atom. The molecule has 0 atom stereocenters. The number of carbonyl (C=O) groups is 1. The highest BCUT2D eigenvalue weighted by Crippen LogP contribution is 2.29. The first-order valence-corrected chi connectivity index (χ1v) is 11.5. The number of carbonyl (C=O) groups excluding carboxylic acids is 1. The molecule has 0 radical (unpaired) electrons. The second kappa shape index (κ2) is 9.61. The van der Waals surface area contributed by atoms with Gasteiger partial charge in [0.25, 0.3) is 0 Å². The average Bonchev–Trinajstić information content (AvgIpc) is 3.43. The Labute approximate surface area is 172 Å². The summed E-state index contributed by atoms with van der Waals surface area (Å²) in [5.74, 6) is 2.02. The van der Waals surface area contributed by atoms with Gasteiger partial charge in [0.2, 0.25) is 5.91 Å². The predicted molar refractivity (Wildman–Crippen MR) is 115 cm³/mol. The molecule has 2 aliphatic rings. The maximum absolute atomic E-state index is 12.5. The third-order valence-electron chi connectivity index (χ3n) is 5.87. The van der Waals surface area contributed by atoms with Gasteiger partial charge in [-0.25, -0.2) is 4.98 Å². The molecule has 6 heteroatoms. The van der Waals surface area contributed by atoms with Crippen molar-refractivity contribution >= 4 is 17.7 Å². The summed E-state index contributed by atoms with van der Waals surface area (Å²) in [5, 5.41) is 0.722. The lowest BCUT2D eigenvalue weighted by molar-refractivity contribution is -0.130. The molecule has 1 saturated heterocycles. The first-order chi connectivity index (χ1) is 13.8. The van der Waals surface area contributed by atoms with Crippen LogP contribution in [-0.2, 0) is 11.3 Å². The molecule has 2 aromatic rings. The summed E-state index contributed by atoms with van der Waals surface area (Å²) in [5.41, 5.74) is 1.16. The van der Waals surface area contributed by atoms with Crippen molar-refractivity contribution in [3.8, 4) is 11.4 Å². The first-order valence-electron chi connectivity index (χ1n) is 10.5. The highest BCUT2D eigenvalue weighted by Gasteiger charge is 2.23. The molecule has 2 heterocycles. The van der Waals surface area contributed by atoms with Gasteiger partial charge in [-0.3, -0.25) is 9.69 Å². The minimum Gasteiger partial charge on any atom is -0.339 e. The smallest absolute Gasteiger partial charge is 0.232 e. The molecule has 2 fully saturated rings. The lowest BCUT2D eigenvalue weighted by Crippen LogP contribution is -2.49. The fraction of sp³-hybridized carbons (Fsp3) is 0.545. The van der Waals surface area contributed by atoms with Crippen molar-refractivity contribution in [1.29, 1.82) is 0 Å². The van der Waals surface area contributed by atoms with E-state index in [0.717, 1.165) is 55.9 Å². The number of amides is 1. The van der Waals surface area contributed by atoms with E-state index in [-0.39, 0.29) is 0 Å². The largest absolute Gasteiger partial charge is 0.339 e. The highest BCUT2D eigenvalue weighted by molar-refractivity contribution is 8.00. The van der Waals surface area contributed by atoms with Gasteiger partial charge in [0.15, 0.2) is 0 Å². The van der Waals surface area contributed by atoms with Gasteiger partial charge in [-0.05, 0) is 12.8 Å². The molecule has 1 amide bonds. The maximum Gasteiger partial charge on any atom is 0.232 e. The summed E-state index contributed by atoms with van der Waals surface area (Å²) in [6.45, 7) is 5.58. The third kappa shape index (κ3) is 4.97. The molecule has 28 heavy (non-hydrogen) atoms. The van der Waals surface area contributed by atoms with Crippen LogP contribution in [0.3, 0.4) is 0 Å². The van der Waals surface area contributed by atoms with Crippen molar-refractivity contribution in [3.63, 3.8) is 0 Å². The standard InChI is InChI=1S/C22H30N4OS/c27-21(18-28-20-8-4-5-9-20)25-15-12-24(13-16-25)14-17-26-11-10-23-22(26)19-6-2-1-3-7-19/h1-3,6-7,10-11,20H,4-5,8-9,12-18H2. The Balaban J connectivity index is 1.21. The number of aromatic nitrogens is 2. The van der Waals surface area contributed by atoms with Crippen LogP contribution in [0, 0.1) is 0 Å². The third-order valence-corrected chi connectivity index (χ3v) is 7.23. The van der Waals surface area contributed by atoms with E-state index in [2.05, 4.69) is 49.8 Å². The molecule has 1 aromatic heterocycles. The van der Waals surface area contributed by atoms with Gasteiger partial charge < -0.3 is 9.47 Å². The van der Waals surface area contributed by atoms with Crippen LogP contribution in [0.4, 0.5) is 0 Å². The molecule has 1 aliphatic carbocycles. The summed E-state index contributed by atoms with van der Waals surface area (Å²) in [6, 6.07) is 10.3. The van der Waals surface area contributed by atoms with Crippen molar-refractivity contribution in [2.24, 2.45) is 0 Å². The summed E-state index contributed by atoms with van der Waals surface area (Å²) in [6.07, 6.45) is 9.21. The highest BCUT2D eigenvalue weighted by atomic mass is 32.2. The van der Waals surface area contributed by atoms with E-state index in [1.165, 1.54) is 25.7 Å². The number of benzene rings is 1. The lowest BCUT2D eigenvalue weighted by Gasteiger charge is -2.35. The van der Waals surface area contributed by atoms with Crippen LogP contribution in [-0.4, -0.2) is 69.0 Å². The Bertz CT molecular complexity index is 749. The van der Waals surface area contributed by atoms with Gasteiger partial charge in [-0.1, -0.05) is 43.2 Å². The van der Waals surface area contributed by atoms with Crippen molar-refractivity contribution in [3.05, 3.63) is 42.7 Å². The van der Waals surface area contributed by atoms with Gasteiger partial charge in [-0.15, -0.1) is 11.8 Å². The van der Waals surface area contributed by atoms with Crippen LogP contribution in [0.15, 0.2) is 42.7 Å². The van der Waals surface area contributed by atoms with E-state index in [9.17, 15) is 4.79 Å². The van der Waals surface area contributed by atoms with Crippen molar-refractivity contribution < 1.29 is 4.79 Å². The second-order valence-electron chi connectivity index (χ2n) is 7.75. The maximum atomic E-state index is 12.5. The minimum absolute atomic E-state index is 0.331. The molecule has 1 aliphatic heterocycles. The molecular formula is C22H30N4OS. The normalized spacial score (nSPS) is 18.6. The van der Waals surface area contributed by atoms with Crippen LogP contribution in [0.1, 0.15) is 25.7 Å². The van der Waals surface area contributed by atoms with Gasteiger partial charge in [0.1, 0.15) is 5.82 Å². The van der Waals surface area contributed by atoms with Crippen LogP contribution >= 0.6 is 11.8 Å². The number of hydrogen-bond acceptors (Lipinski definition) is 4. The van der Waals surface area contributed by atoms with Gasteiger partial charge in [0, 0.05) is 62.5 Å². The summed E-state index contributed by atoms with van der Waals surface area (Å²) < 4.78 is 2.23. The van der Waals surface area contributed by atoms with Crippen LogP contribution in [0.2, 0.25) is 0 Å². The topological polar surface area (TPSA) is 41.4 Å². The summed E-state index contributed by atoms with van der Waals surface area (Å²) >= 11 is 1.88. The molecule has 150 valence electrons. The Hall–Kier alpha value is -1.79. The Kier molecular flexibility index (Phi) is 6.70. The molecule has 5 nitrogen and oxygen atoms in total. The van der Waals surface area contributed by atoms with E-state index in [1.54, 1.807) is 0 Å². The quantitative estimate of drug-likeness (QED) is 0.717. The molecule has 0 spiro atoms. The predicted octanol–water partition coefficient (Wildman–Crippen LogP) is 3.37. The molecule has 0 unspecified atom stereocenters. The van der Waals surface area contributed by atoms with E-state index >= 15 is 0 Å². The fourth-order valence-electron chi connectivity index (χ4n) is 4.14. The zero-order chi connectivity index (χ0) is 19.2. The summed E-state index contributed by atoms with van der Waals surface area (Å²) in [4.78, 5) is 21.5. The number of imidazole rings is 1. The van der Waals surface area contributed by atoms with E-state index < -0.39 is 0 Å².